The van der Waals surface area contributed by atoms with Crippen LogP contribution in [0, 0.1) is 17.8 Å². The van der Waals surface area contributed by atoms with Crippen LogP contribution in [0.1, 0.15) is 25.7 Å². The zero-order valence-corrected chi connectivity index (χ0v) is 8.33. The first-order chi connectivity index (χ1) is 6.79. The number of piperidine rings is 1. The summed E-state index contributed by atoms with van der Waals surface area (Å²) in [5.41, 5.74) is 0.666. The SMILES string of the molecule is [B]=C1C(=O)C2NCCC3CCCC1C32. The molecule has 1 radical (unpaired) electrons. The molecule has 1 N–H and O–H groups in total. The van der Waals surface area contributed by atoms with Crippen LogP contribution in [0.4, 0.5) is 0 Å². The molecule has 0 aromatic carbocycles. The molecule has 0 bridgehead atoms. The topological polar surface area (TPSA) is 29.1 Å². The van der Waals surface area contributed by atoms with Crippen molar-refractivity contribution in [2.45, 2.75) is 31.7 Å². The van der Waals surface area contributed by atoms with E-state index in [2.05, 4.69) is 5.32 Å². The molecule has 2 nitrogen and oxygen atoms in total. The molecule has 14 heavy (non-hydrogen) atoms. The first-order valence-corrected chi connectivity index (χ1v) is 5.69. The Labute approximate surface area is 85.5 Å². The van der Waals surface area contributed by atoms with Crippen molar-refractivity contribution in [3.63, 3.8) is 0 Å². The Hall–Kier alpha value is -0.435. The van der Waals surface area contributed by atoms with Crippen molar-refractivity contribution in [2.24, 2.45) is 17.8 Å². The second kappa shape index (κ2) is 3.03. The maximum atomic E-state index is 11.9. The van der Waals surface area contributed by atoms with Crippen LogP contribution in [0.5, 0.6) is 0 Å². The summed E-state index contributed by atoms with van der Waals surface area (Å²) >= 11 is 0. The van der Waals surface area contributed by atoms with Gasteiger partial charge in [-0.2, -0.15) is 0 Å². The van der Waals surface area contributed by atoms with Crippen molar-refractivity contribution in [2.75, 3.05) is 6.54 Å². The number of carbonyl (C=O) groups is 1. The fraction of sp³-hybridized carbons (Fsp3) is 0.818. The molecule has 3 aliphatic rings. The maximum absolute atomic E-state index is 11.9. The molecule has 1 aliphatic heterocycles. The minimum absolute atomic E-state index is 0.0686. The number of rotatable bonds is 0. The van der Waals surface area contributed by atoms with Gasteiger partial charge >= 0.3 is 84.9 Å². The molecule has 1 heterocycles. The van der Waals surface area contributed by atoms with Gasteiger partial charge in [-0.3, -0.25) is 0 Å². The van der Waals surface area contributed by atoms with E-state index in [1.54, 1.807) is 0 Å². The van der Waals surface area contributed by atoms with Crippen LogP contribution in [0.25, 0.3) is 0 Å². The molecule has 0 spiro atoms. The van der Waals surface area contributed by atoms with E-state index in [0.717, 1.165) is 18.9 Å². The Morgan fingerprint density at radius 1 is 1.29 bits per heavy atom. The summed E-state index contributed by atoms with van der Waals surface area (Å²) in [6, 6.07) is 0.0686. The molecule has 3 rings (SSSR count). The van der Waals surface area contributed by atoms with E-state index in [4.69, 9.17) is 7.49 Å². The Balaban J connectivity index is 1.98. The number of hydrogen-bond acceptors (Lipinski definition) is 2. The monoisotopic (exact) mass is 188 g/mol. The quantitative estimate of drug-likeness (QED) is 0.554. The number of ketones is 1. The zero-order chi connectivity index (χ0) is 9.71. The fourth-order valence-corrected chi connectivity index (χ4v) is 3.71. The molecular weight excluding hydrogens is 173 g/mol. The Kier molecular flexibility index (Phi) is 1.91. The van der Waals surface area contributed by atoms with Gasteiger partial charge < -0.3 is 0 Å². The summed E-state index contributed by atoms with van der Waals surface area (Å²) in [6.45, 7) is 0.998. The zero-order valence-electron chi connectivity index (χ0n) is 8.33. The number of carbonyl (C=O) groups excluding carboxylic acids is 1. The third kappa shape index (κ3) is 1.02. The van der Waals surface area contributed by atoms with Gasteiger partial charge in [-0.1, -0.05) is 0 Å². The summed E-state index contributed by atoms with van der Waals surface area (Å²) in [4.78, 5) is 11.9. The van der Waals surface area contributed by atoms with E-state index in [9.17, 15) is 4.79 Å². The van der Waals surface area contributed by atoms with Crippen LogP contribution in [0.2, 0.25) is 0 Å². The molecule has 2 aliphatic carbocycles. The first kappa shape index (κ1) is 8.84. The van der Waals surface area contributed by atoms with Gasteiger partial charge in [0.05, 0.1) is 0 Å². The van der Waals surface area contributed by atoms with E-state index < -0.39 is 0 Å². The molecule has 4 unspecified atom stereocenters. The molecular formula is C11H15BNO. The van der Waals surface area contributed by atoms with Crippen LogP contribution in [-0.4, -0.2) is 31.3 Å². The van der Waals surface area contributed by atoms with Crippen LogP contribution in [0.3, 0.4) is 0 Å². The minimum atomic E-state index is 0.0686. The molecule has 3 heteroatoms. The van der Waals surface area contributed by atoms with Gasteiger partial charge in [-0.15, -0.1) is 0 Å². The summed E-state index contributed by atoms with van der Waals surface area (Å²) < 4.78 is 0. The normalized spacial score (nSPS) is 46.5. The number of nitrogens with one attached hydrogen (secondary N) is 1. The molecule has 0 aromatic heterocycles. The van der Waals surface area contributed by atoms with E-state index in [-0.39, 0.29) is 11.8 Å². The van der Waals surface area contributed by atoms with Crippen molar-refractivity contribution < 1.29 is 4.79 Å². The predicted octanol–water partition coefficient (Wildman–Crippen LogP) is 0.304. The Morgan fingerprint density at radius 2 is 2.14 bits per heavy atom. The fourth-order valence-electron chi connectivity index (χ4n) is 3.71. The Morgan fingerprint density at radius 3 is 3.00 bits per heavy atom. The van der Waals surface area contributed by atoms with Crippen LogP contribution in [-0.2, 0) is 4.79 Å². The molecule has 1 saturated heterocycles. The average molecular weight is 188 g/mol. The van der Waals surface area contributed by atoms with Gasteiger partial charge in [0.1, 0.15) is 0 Å². The van der Waals surface area contributed by atoms with Gasteiger partial charge in [0.25, 0.3) is 0 Å². The van der Waals surface area contributed by atoms with Crippen molar-refractivity contribution in [3.8, 4) is 0 Å². The van der Waals surface area contributed by atoms with Gasteiger partial charge in [0.2, 0.25) is 0 Å². The van der Waals surface area contributed by atoms with Gasteiger partial charge in [0, 0.05) is 0 Å². The average Bonchev–Trinajstić information content (AvgIpc) is 2.47. The molecule has 73 valence electrons. The van der Waals surface area contributed by atoms with E-state index in [0.29, 0.717) is 17.3 Å². The summed E-state index contributed by atoms with van der Waals surface area (Å²) in [7, 11) is 5.92. The summed E-state index contributed by atoms with van der Waals surface area (Å²) in [5.74, 6) is 1.89. The van der Waals surface area contributed by atoms with E-state index in [1.165, 1.54) is 19.3 Å². The van der Waals surface area contributed by atoms with Gasteiger partial charge in [0.15, 0.2) is 0 Å². The van der Waals surface area contributed by atoms with E-state index >= 15 is 0 Å². The second-order valence-electron chi connectivity index (χ2n) is 4.91. The van der Waals surface area contributed by atoms with Crippen molar-refractivity contribution in [1.82, 2.24) is 5.32 Å². The van der Waals surface area contributed by atoms with Gasteiger partial charge in [-0.25, -0.2) is 0 Å². The van der Waals surface area contributed by atoms with Crippen LogP contribution < -0.4 is 5.32 Å². The number of hydrogen-bond donors (Lipinski definition) is 1. The molecule has 2 saturated carbocycles. The first-order valence-electron chi connectivity index (χ1n) is 5.69. The standard InChI is InChI=1S/C11H15BNO/c12-9-7-3-1-2-6-4-5-13-10(8(6)7)11(9)14/h6-8,10,13H,1-5H2. The summed E-state index contributed by atoms with van der Waals surface area (Å²) in [6.07, 6.45) is 4.93. The second-order valence-corrected chi connectivity index (χ2v) is 4.91. The van der Waals surface area contributed by atoms with Crippen LogP contribution >= 0.6 is 0 Å². The third-order valence-electron chi connectivity index (χ3n) is 4.33. The van der Waals surface area contributed by atoms with Crippen molar-refractivity contribution >= 4 is 18.7 Å². The third-order valence-corrected chi connectivity index (χ3v) is 4.33. The predicted molar refractivity (Wildman–Crippen MR) is 56.5 cm³/mol. The molecule has 0 amide bonds. The summed E-state index contributed by atoms with van der Waals surface area (Å²) in [5, 5.41) is 3.34. The van der Waals surface area contributed by atoms with Crippen molar-refractivity contribution in [1.29, 1.82) is 0 Å². The Bertz CT molecular complexity index is 274. The molecule has 3 fully saturated rings. The molecule has 0 aromatic rings. The van der Waals surface area contributed by atoms with Crippen molar-refractivity contribution in [3.05, 3.63) is 0 Å². The van der Waals surface area contributed by atoms with Gasteiger partial charge in [-0.05, 0) is 0 Å². The van der Waals surface area contributed by atoms with Crippen LogP contribution in [0.15, 0.2) is 0 Å². The molecule has 4 atom stereocenters. The van der Waals surface area contributed by atoms with E-state index in [1.807, 2.05) is 0 Å². The number of Topliss-reactive ketones (excluding diaryl/α,β-unsaturated/α-hetero) is 1.